The molecule has 1 atom stereocenters. The van der Waals surface area contributed by atoms with E-state index in [-0.39, 0.29) is 11.9 Å². The van der Waals surface area contributed by atoms with Gasteiger partial charge in [0, 0.05) is 36.3 Å². The largest absolute Gasteiger partial charge is 0.333 e. The monoisotopic (exact) mass is 252 g/mol. The van der Waals surface area contributed by atoms with E-state index in [1.54, 1.807) is 0 Å². The van der Waals surface area contributed by atoms with E-state index >= 15 is 0 Å². The van der Waals surface area contributed by atoms with E-state index in [1.807, 2.05) is 30.0 Å². The maximum atomic E-state index is 12.4. The molecule has 0 unspecified atom stereocenters. The summed E-state index contributed by atoms with van der Waals surface area (Å²) in [5.74, 6) is 0.0824. The van der Waals surface area contributed by atoms with Crippen LogP contribution in [0.25, 0.3) is 0 Å². The van der Waals surface area contributed by atoms with E-state index in [9.17, 15) is 4.79 Å². The number of carbonyl (C=O) groups is 1. The van der Waals surface area contributed by atoms with Crippen LogP contribution in [0, 0.1) is 6.92 Å². The van der Waals surface area contributed by atoms with Crippen LogP contribution in [0.15, 0.2) is 18.2 Å². The number of amides is 1. The second-order valence-corrected chi connectivity index (χ2v) is 4.87. The van der Waals surface area contributed by atoms with Crippen LogP contribution in [0.3, 0.4) is 0 Å². The minimum Gasteiger partial charge on any atom is -0.333 e. The van der Waals surface area contributed by atoms with Crippen LogP contribution in [-0.4, -0.2) is 36.5 Å². The third-order valence-electron chi connectivity index (χ3n) is 3.26. The summed E-state index contributed by atoms with van der Waals surface area (Å²) >= 11 is 6.05. The molecule has 0 spiro atoms. The van der Waals surface area contributed by atoms with Crippen molar-refractivity contribution < 1.29 is 4.79 Å². The van der Waals surface area contributed by atoms with Crippen molar-refractivity contribution in [1.29, 1.82) is 0 Å². The molecule has 3 nitrogen and oxygen atoms in total. The molecule has 0 radical (unpaired) electrons. The third kappa shape index (κ3) is 2.45. The lowest BCUT2D eigenvalue weighted by Crippen LogP contribution is -2.52. The first kappa shape index (κ1) is 12.4. The zero-order chi connectivity index (χ0) is 12.4. The van der Waals surface area contributed by atoms with Gasteiger partial charge in [-0.05, 0) is 31.5 Å². The molecule has 92 valence electrons. The van der Waals surface area contributed by atoms with Crippen LogP contribution >= 0.6 is 11.6 Å². The molecular formula is C13H17ClN2O. The minimum atomic E-state index is 0.0824. The van der Waals surface area contributed by atoms with Crippen LogP contribution in [0.2, 0.25) is 5.02 Å². The number of rotatable bonds is 1. The summed E-state index contributed by atoms with van der Waals surface area (Å²) in [4.78, 5) is 14.3. The van der Waals surface area contributed by atoms with E-state index < -0.39 is 0 Å². The number of nitrogens with one attached hydrogen (secondary N) is 1. The smallest absolute Gasteiger partial charge is 0.254 e. The summed E-state index contributed by atoms with van der Waals surface area (Å²) in [5, 5.41) is 3.93. The maximum Gasteiger partial charge on any atom is 0.254 e. The fourth-order valence-electron chi connectivity index (χ4n) is 2.14. The van der Waals surface area contributed by atoms with Gasteiger partial charge in [-0.25, -0.2) is 0 Å². The summed E-state index contributed by atoms with van der Waals surface area (Å²) in [6.45, 7) is 6.42. The lowest BCUT2D eigenvalue weighted by atomic mass is 10.1. The van der Waals surface area contributed by atoms with Crippen LogP contribution < -0.4 is 5.32 Å². The average molecular weight is 253 g/mol. The summed E-state index contributed by atoms with van der Waals surface area (Å²) in [5.41, 5.74) is 1.58. The summed E-state index contributed by atoms with van der Waals surface area (Å²) in [6.07, 6.45) is 0. The van der Waals surface area contributed by atoms with Crippen LogP contribution in [0.5, 0.6) is 0 Å². The molecule has 17 heavy (non-hydrogen) atoms. The number of hydrogen-bond donors (Lipinski definition) is 1. The molecule has 1 aliphatic rings. The quantitative estimate of drug-likeness (QED) is 0.830. The second-order valence-electron chi connectivity index (χ2n) is 4.46. The van der Waals surface area contributed by atoms with Crippen molar-refractivity contribution in [1.82, 2.24) is 10.2 Å². The van der Waals surface area contributed by atoms with Crippen molar-refractivity contribution in [2.75, 3.05) is 19.6 Å². The van der Waals surface area contributed by atoms with Crippen molar-refractivity contribution in [3.05, 3.63) is 34.3 Å². The number of benzene rings is 1. The molecule has 4 heteroatoms. The topological polar surface area (TPSA) is 32.3 Å². The molecule has 0 aromatic heterocycles. The van der Waals surface area contributed by atoms with Gasteiger partial charge in [0.25, 0.3) is 5.91 Å². The van der Waals surface area contributed by atoms with Gasteiger partial charge in [-0.1, -0.05) is 17.7 Å². The molecule has 1 aliphatic heterocycles. The first-order valence-electron chi connectivity index (χ1n) is 5.88. The average Bonchev–Trinajstić information content (AvgIpc) is 2.32. The van der Waals surface area contributed by atoms with E-state index in [4.69, 9.17) is 11.6 Å². The van der Waals surface area contributed by atoms with Gasteiger partial charge in [-0.2, -0.15) is 0 Å². The standard InChI is InChI=1S/C13H17ClN2O/c1-9-8-15-6-7-16(9)13(17)11-4-3-5-12(14)10(11)2/h3-5,9,15H,6-8H2,1-2H3/t9-/m0/s1. The molecule has 1 heterocycles. The Hall–Kier alpha value is -1.06. The van der Waals surface area contributed by atoms with Gasteiger partial charge in [-0.15, -0.1) is 0 Å². The van der Waals surface area contributed by atoms with E-state index in [0.717, 1.165) is 25.2 Å². The molecule has 1 N–H and O–H groups in total. The van der Waals surface area contributed by atoms with E-state index in [2.05, 4.69) is 12.2 Å². The predicted molar refractivity (Wildman–Crippen MR) is 69.6 cm³/mol. The molecule has 1 saturated heterocycles. The van der Waals surface area contributed by atoms with Gasteiger partial charge in [0.15, 0.2) is 0 Å². The Morgan fingerprint density at radius 2 is 2.29 bits per heavy atom. The Labute approximate surface area is 107 Å². The van der Waals surface area contributed by atoms with Crippen LogP contribution in [0.4, 0.5) is 0 Å². The van der Waals surface area contributed by atoms with Crippen molar-refractivity contribution in [3.8, 4) is 0 Å². The Morgan fingerprint density at radius 1 is 1.53 bits per heavy atom. The third-order valence-corrected chi connectivity index (χ3v) is 3.67. The van der Waals surface area contributed by atoms with Crippen molar-refractivity contribution in [2.24, 2.45) is 0 Å². The zero-order valence-corrected chi connectivity index (χ0v) is 10.9. The number of nitrogens with zero attached hydrogens (tertiary/aromatic N) is 1. The van der Waals surface area contributed by atoms with Gasteiger partial charge in [-0.3, -0.25) is 4.79 Å². The van der Waals surface area contributed by atoms with Crippen molar-refractivity contribution in [2.45, 2.75) is 19.9 Å². The lowest BCUT2D eigenvalue weighted by Gasteiger charge is -2.34. The highest BCUT2D eigenvalue weighted by molar-refractivity contribution is 6.31. The number of hydrogen-bond acceptors (Lipinski definition) is 2. The molecule has 1 aromatic carbocycles. The normalized spacial score (nSPS) is 20.4. The molecule has 2 rings (SSSR count). The first-order chi connectivity index (χ1) is 8.11. The molecule has 1 aromatic rings. The Kier molecular flexibility index (Phi) is 3.69. The molecule has 1 amide bonds. The number of carbonyl (C=O) groups excluding carboxylic acids is 1. The first-order valence-corrected chi connectivity index (χ1v) is 6.26. The maximum absolute atomic E-state index is 12.4. The van der Waals surface area contributed by atoms with Crippen LogP contribution in [-0.2, 0) is 0 Å². The lowest BCUT2D eigenvalue weighted by molar-refractivity contribution is 0.0655. The highest BCUT2D eigenvalue weighted by Gasteiger charge is 2.25. The minimum absolute atomic E-state index is 0.0824. The Morgan fingerprint density at radius 3 is 3.00 bits per heavy atom. The van der Waals surface area contributed by atoms with E-state index in [0.29, 0.717) is 10.6 Å². The Bertz CT molecular complexity index is 433. The predicted octanol–water partition coefficient (Wildman–Crippen LogP) is 2.08. The van der Waals surface area contributed by atoms with Gasteiger partial charge < -0.3 is 10.2 Å². The summed E-state index contributed by atoms with van der Waals surface area (Å²) < 4.78 is 0. The van der Waals surface area contributed by atoms with Crippen molar-refractivity contribution in [3.63, 3.8) is 0 Å². The van der Waals surface area contributed by atoms with Gasteiger partial charge in [0.2, 0.25) is 0 Å². The molecular weight excluding hydrogens is 236 g/mol. The Balaban J connectivity index is 2.27. The molecule has 0 aliphatic carbocycles. The number of halogens is 1. The summed E-state index contributed by atoms with van der Waals surface area (Å²) in [7, 11) is 0. The van der Waals surface area contributed by atoms with Gasteiger partial charge >= 0.3 is 0 Å². The highest BCUT2D eigenvalue weighted by Crippen LogP contribution is 2.21. The van der Waals surface area contributed by atoms with Gasteiger partial charge in [0.1, 0.15) is 0 Å². The number of piperazine rings is 1. The summed E-state index contributed by atoms with van der Waals surface area (Å²) in [6, 6.07) is 5.72. The SMILES string of the molecule is Cc1c(Cl)cccc1C(=O)N1CCNC[C@@H]1C. The molecule has 0 bridgehead atoms. The van der Waals surface area contributed by atoms with Crippen molar-refractivity contribution >= 4 is 17.5 Å². The van der Waals surface area contributed by atoms with Crippen LogP contribution in [0.1, 0.15) is 22.8 Å². The fourth-order valence-corrected chi connectivity index (χ4v) is 2.31. The second kappa shape index (κ2) is 5.07. The fraction of sp³-hybridized carbons (Fsp3) is 0.462. The van der Waals surface area contributed by atoms with Gasteiger partial charge in [0.05, 0.1) is 0 Å². The molecule has 0 saturated carbocycles. The zero-order valence-electron chi connectivity index (χ0n) is 10.2. The molecule has 1 fully saturated rings. The highest BCUT2D eigenvalue weighted by atomic mass is 35.5. The van der Waals surface area contributed by atoms with E-state index in [1.165, 1.54) is 0 Å².